The van der Waals surface area contributed by atoms with Gasteiger partial charge in [-0.05, 0) is 20.8 Å². The molecule has 6 heteroatoms. The van der Waals surface area contributed by atoms with Gasteiger partial charge in [-0.25, -0.2) is 4.79 Å². The van der Waals surface area contributed by atoms with E-state index in [1.165, 1.54) is 0 Å². The zero-order valence-corrected chi connectivity index (χ0v) is 12.7. The van der Waals surface area contributed by atoms with Gasteiger partial charge in [-0.2, -0.15) is 0 Å². The molecule has 2 rings (SSSR count). The number of ether oxygens (including phenoxy) is 2. The molecule has 112 valence electrons. The number of esters is 1. The van der Waals surface area contributed by atoms with E-state index in [0.29, 0.717) is 5.56 Å². The van der Waals surface area contributed by atoms with Gasteiger partial charge in [0.25, 0.3) is 12.1 Å². The first kappa shape index (κ1) is 15.4. The predicted octanol–water partition coefficient (Wildman–Crippen LogP) is 2.41. The van der Waals surface area contributed by atoms with Crippen LogP contribution in [-0.2, 0) is 19.1 Å². The SMILES string of the molecule is CC(C)(C)OC(=O)C1NC(=O)C(Cl)=C(c2ccccc2)O1. The maximum Gasteiger partial charge on any atom is 0.369 e. The highest BCUT2D eigenvalue weighted by Gasteiger charge is 2.35. The Morgan fingerprint density at radius 1 is 1.29 bits per heavy atom. The molecule has 1 heterocycles. The van der Waals surface area contributed by atoms with E-state index in [1.54, 1.807) is 45.0 Å². The predicted molar refractivity (Wildman–Crippen MR) is 78.1 cm³/mol. The van der Waals surface area contributed by atoms with Gasteiger partial charge in [0.15, 0.2) is 5.76 Å². The van der Waals surface area contributed by atoms with Crippen molar-refractivity contribution in [2.24, 2.45) is 0 Å². The third kappa shape index (κ3) is 3.76. The lowest BCUT2D eigenvalue weighted by Crippen LogP contribution is -2.48. The molecular formula is C15H16ClNO4. The molecule has 0 saturated carbocycles. The van der Waals surface area contributed by atoms with Crippen LogP contribution in [-0.4, -0.2) is 23.7 Å². The molecule has 0 aliphatic carbocycles. The summed E-state index contributed by atoms with van der Waals surface area (Å²) in [5.41, 5.74) is -0.0610. The van der Waals surface area contributed by atoms with Gasteiger partial charge in [-0.15, -0.1) is 0 Å². The second kappa shape index (κ2) is 5.77. The van der Waals surface area contributed by atoms with E-state index >= 15 is 0 Å². The normalized spacial score (nSPS) is 18.9. The second-order valence-corrected chi connectivity index (χ2v) is 5.89. The first-order chi connectivity index (χ1) is 9.78. The van der Waals surface area contributed by atoms with E-state index < -0.39 is 23.7 Å². The van der Waals surface area contributed by atoms with Crippen LogP contribution in [0, 0.1) is 0 Å². The Labute approximate surface area is 127 Å². The fourth-order valence-corrected chi connectivity index (χ4v) is 1.94. The molecule has 1 aliphatic rings. The summed E-state index contributed by atoms with van der Waals surface area (Å²) in [4.78, 5) is 23.9. The zero-order chi connectivity index (χ0) is 15.6. The summed E-state index contributed by atoms with van der Waals surface area (Å²) in [6, 6.07) is 8.87. The maximum atomic E-state index is 12.0. The number of hydrogen-bond donors (Lipinski definition) is 1. The fourth-order valence-electron chi connectivity index (χ4n) is 1.73. The minimum atomic E-state index is -1.21. The molecule has 0 spiro atoms. The molecule has 1 amide bonds. The number of nitrogens with one attached hydrogen (secondary N) is 1. The molecule has 1 aromatic rings. The van der Waals surface area contributed by atoms with Crippen molar-refractivity contribution in [3.05, 3.63) is 40.9 Å². The van der Waals surface area contributed by atoms with Crippen molar-refractivity contribution in [2.45, 2.75) is 32.6 Å². The Kier molecular flexibility index (Phi) is 4.23. The van der Waals surface area contributed by atoms with Crippen LogP contribution < -0.4 is 5.32 Å². The summed E-state index contributed by atoms with van der Waals surface area (Å²) in [6.45, 7) is 5.20. The van der Waals surface area contributed by atoms with Crippen LogP contribution in [0.1, 0.15) is 26.3 Å². The van der Waals surface area contributed by atoms with E-state index in [0.717, 1.165) is 0 Å². The molecule has 21 heavy (non-hydrogen) atoms. The average Bonchev–Trinajstić information content (AvgIpc) is 2.40. The van der Waals surface area contributed by atoms with Gasteiger partial charge in [-0.1, -0.05) is 41.9 Å². The summed E-state index contributed by atoms with van der Waals surface area (Å²) in [5, 5.41) is 2.27. The first-order valence-electron chi connectivity index (χ1n) is 6.43. The average molecular weight is 310 g/mol. The number of carbonyl (C=O) groups is 2. The lowest BCUT2D eigenvalue weighted by atomic mass is 10.1. The van der Waals surface area contributed by atoms with Crippen molar-refractivity contribution in [2.75, 3.05) is 0 Å². The van der Waals surface area contributed by atoms with Crippen LogP contribution in [0.15, 0.2) is 35.4 Å². The second-order valence-electron chi connectivity index (χ2n) is 5.51. The summed E-state index contributed by atoms with van der Waals surface area (Å²) in [6.07, 6.45) is -1.21. The molecule has 1 atom stereocenters. The molecule has 5 nitrogen and oxygen atoms in total. The Bertz CT molecular complexity index is 589. The molecule has 0 radical (unpaired) electrons. The molecule has 1 N–H and O–H groups in total. The molecule has 0 saturated heterocycles. The monoisotopic (exact) mass is 309 g/mol. The summed E-state index contributed by atoms with van der Waals surface area (Å²) >= 11 is 5.96. The van der Waals surface area contributed by atoms with Gasteiger partial charge in [0, 0.05) is 5.56 Å². The van der Waals surface area contributed by atoms with Crippen molar-refractivity contribution < 1.29 is 19.1 Å². The molecule has 0 bridgehead atoms. The number of halogens is 1. The van der Waals surface area contributed by atoms with E-state index in [4.69, 9.17) is 21.1 Å². The Morgan fingerprint density at radius 3 is 2.48 bits per heavy atom. The molecule has 1 aromatic carbocycles. The highest BCUT2D eigenvalue weighted by atomic mass is 35.5. The van der Waals surface area contributed by atoms with Gasteiger partial charge in [0.2, 0.25) is 0 Å². The van der Waals surface area contributed by atoms with E-state index in [-0.39, 0.29) is 10.8 Å². The van der Waals surface area contributed by atoms with Crippen LogP contribution in [0.3, 0.4) is 0 Å². The fraction of sp³-hybridized carbons (Fsp3) is 0.333. The van der Waals surface area contributed by atoms with Gasteiger partial charge in [0.05, 0.1) is 0 Å². The molecule has 0 aromatic heterocycles. The number of benzene rings is 1. The number of rotatable bonds is 2. The topological polar surface area (TPSA) is 64.6 Å². The first-order valence-corrected chi connectivity index (χ1v) is 6.81. The smallest absolute Gasteiger partial charge is 0.369 e. The van der Waals surface area contributed by atoms with Crippen molar-refractivity contribution in [1.29, 1.82) is 0 Å². The highest BCUT2D eigenvalue weighted by Crippen LogP contribution is 2.28. The van der Waals surface area contributed by atoms with E-state index in [2.05, 4.69) is 5.32 Å². The summed E-state index contributed by atoms with van der Waals surface area (Å²) < 4.78 is 10.7. The van der Waals surface area contributed by atoms with Gasteiger partial charge < -0.3 is 14.8 Å². The number of amides is 1. The van der Waals surface area contributed by atoms with E-state index in [9.17, 15) is 9.59 Å². The quantitative estimate of drug-likeness (QED) is 0.852. The summed E-state index contributed by atoms with van der Waals surface area (Å²) in [5.74, 6) is -1.08. The zero-order valence-electron chi connectivity index (χ0n) is 12.0. The van der Waals surface area contributed by atoms with Crippen LogP contribution in [0.25, 0.3) is 5.76 Å². The molecule has 1 unspecified atom stereocenters. The molecule has 1 aliphatic heterocycles. The lowest BCUT2D eigenvalue weighted by Gasteiger charge is -2.28. The van der Waals surface area contributed by atoms with E-state index in [1.807, 2.05) is 6.07 Å². The minimum absolute atomic E-state index is 0.0963. The van der Waals surface area contributed by atoms with Crippen molar-refractivity contribution in [3.63, 3.8) is 0 Å². The van der Waals surface area contributed by atoms with Crippen LogP contribution >= 0.6 is 11.6 Å². The van der Waals surface area contributed by atoms with Crippen LogP contribution in [0.2, 0.25) is 0 Å². The van der Waals surface area contributed by atoms with Gasteiger partial charge in [-0.3, -0.25) is 4.79 Å². The Morgan fingerprint density at radius 2 is 1.90 bits per heavy atom. The van der Waals surface area contributed by atoms with Crippen molar-refractivity contribution >= 4 is 29.2 Å². The van der Waals surface area contributed by atoms with Crippen molar-refractivity contribution in [1.82, 2.24) is 5.32 Å². The highest BCUT2D eigenvalue weighted by molar-refractivity contribution is 6.45. The third-order valence-corrected chi connectivity index (χ3v) is 2.90. The van der Waals surface area contributed by atoms with Crippen LogP contribution in [0.5, 0.6) is 0 Å². The molecular weight excluding hydrogens is 294 g/mol. The van der Waals surface area contributed by atoms with Gasteiger partial charge in [0.1, 0.15) is 10.6 Å². The minimum Gasteiger partial charge on any atom is -0.457 e. The van der Waals surface area contributed by atoms with Crippen molar-refractivity contribution in [3.8, 4) is 0 Å². The van der Waals surface area contributed by atoms with Gasteiger partial charge >= 0.3 is 5.97 Å². The Balaban J connectivity index is 2.25. The summed E-state index contributed by atoms with van der Waals surface area (Å²) in [7, 11) is 0. The standard InChI is InChI=1S/C15H16ClNO4/c1-15(2,3)21-14(19)13-17-12(18)10(16)11(20-13)9-7-5-4-6-8-9/h4-8,13H,1-3H3,(H,17,18). The third-order valence-electron chi connectivity index (χ3n) is 2.55. The Hall–Kier alpha value is -2.01. The van der Waals surface area contributed by atoms with Crippen LogP contribution in [0.4, 0.5) is 0 Å². The number of carbonyl (C=O) groups excluding carboxylic acids is 2. The maximum absolute atomic E-state index is 12.0. The number of hydrogen-bond acceptors (Lipinski definition) is 4. The largest absolute Gasteiger partial charge is 0.457 e. The molecule has 0 fully saturated rings. The lowest BCUT2D eigenvalue weighted by molar-refractivity contribution is -0.168.